The van der Waals surface area contributed by atoms with Crippen LogP contribution < -0.4 is 3.80 Å². The Morgan fingerprint density at radius 3 is 2.10 bits per heavy atom. The molecule has 3 rings (SSSR count). The topological polar surface area (TPSA) is 15.3 Å². The second-order valence-electron chi connectivity index (χ2n) is 8.59. The molecule has 1 aliphatic heterocycles. The van der Waals surface area contributed by atoms with Crippen molar-refractivity contribution in [1.29, 1.82) is 0 Å². The Morgan fingerprint density at radius 2 is 1.59 bits per heavy atom. The summed E-state index contributed by atoms with van der Waals surface area (Å²) in [4.78, 5) is 2.59. The SMILES string of the molecule is CC(C)(C)[NH][Ti][CH]1C=C(N2CCCC2)c2ccccc21.CC=CC=CC.C[SiH2]C. The van der Waals surface area contributed by atoms with E-state index in [1.54, 1.807) is 5.56 Å². The van der Waals surface area contributed by atoms with Crippen LogP contribution >= 0.6 is 0 Å². The molecule has 160 valence electrons. The maximum atomic E-state index is 3.78. The zero-order valence-corrected chi connectivity index (χ0v) is 22.7. The fourth-order valence-corrected chi connectivity index (χ4v) is 5.14. The third-order valence-corrected chi connectivity index (χ3v) is 7.07. The van der Waals surface area contributed by atoms with Crippen molar-refractivity contribution in [1.82, 2.24) is 8.70 Å². The fraction of sp³-hybridized carbons (Fsp3) is 0.520. The number of fused-ring (bicyclic) bond motifs is 1. The van der Waals surface area contributed by atoms with E-state index in [4.69, 9.17) is 0 Å². The van der Waals surface area contributed by atoms with Crippen LogP contribution in [0.3, 0.4) is 0 Å². The van der Waals surface area contributed by atoms with E-state index in [0.717, 1.165) is 0 Å². The second kappa shape index (κ2) is 14.2. The van der Waals surface area contributed by atoms with Crippen LogP contribution in [-0.2, 0) is 19.4 Å². The molecule has 1 unspecified atom stereocenters. The summed E-state index contributed by atoms with van der Waals surface area (Å²) < 4.78 is 4.42. The molecule has 2 nitrogen and oxygen atoms in total. The number of likely N-dealkylation sites (tertiary alicyclic amines) is 1. The van der Waals surface area contributed by atoms with Gasteiger partial charge in [0.15, 0.2) is 0 Å². The normalized spacial score (nSPS) is 18.1. The van der Waals surface area contributed by atoms with Crippen molar-refractivity contribution in [2.45, 2.75) is 70.3 Å². The maximum absolute atomic E-state index is 3.78. The molecule has 1 aliphatic carbocycles. The average Bonchev–Trinajstić information content (AvgIpc) is 3.33. The smallest absolute Gasteiger partial charge is 0.0135 e. The Labute approximate surface area is 192 Å². The van der Waals surface area contributed by atoms with Crippen LogP contribution in [0.2, 0.25) is 13.1 Å². The third kappa shape index (κ3) is 9.65. The fourth-order valence-electron chi connectivity index (χ4n) is 3.21. The summed E-state index contributed by atoms with van der Waals surface area (Å²) in [6.07, 6.45) is 13.2. The monoisotopic (exact) mass is 446 g/mol. The number of benzene rings is 1. The molecule has 2 aliphatic rings. The molecule has 1 fully saturated rings. The van der Waals surface area contributed by atoms with Gasteiger partial charge in [-0.05, 0) is 13.8 Å². The second-order valence-corrected chi connectivity index (χ2v) is 11.8. The molecule has 1 N–H and O–H groups in total. The van der Waals surface area contributed by atoms with Crippen LogP contribution in [0.1, 0.15) is 62.8 Å². The maximum Gasteiger partial charge on any atom is 0.0135 e. The van der Waals surface area contributed by atoms with Crippen LogP contribution in [0.5, 0.6) is 0 Å². The summed E-state index contributed by atoms with van der Waals surface area (Å²) in [5.41, 5.74) is 4.77. The van der Waals surface area contributed by atoms with Crippen molar-refractivity contribution in [3.63, 3.8) is 0 Å². The first-order valence-corrected chi connectivity index (χ1v) is 15.7. The van der Waals surface area contributed by atoms with E-state index in [-0.39, 0.29) is 24.9 Å². The molecule has 0 aromatic heterocycles. The van der Waals surface area contributed by atoms with E-state index < -0.39 is 0 Å². The minimum absolute atomic E-state index is 0.201. The molecule has 1 aromatic rings. The van der Waals surface area contributed by atoms with E-state index >= 15 is 0 Å². The molecule has 0 radical (unpaired) electrons. The van der Waals surface area contributed by atoms with E-state index in [9.17, 15) is 0 Å². The number of hydrogen-bond acceptors (Lipinski definition) is 2. The van der Waals surface area contributed by atoms with Gasteiger partial charge in [-0.2, -0.15) is 0 Å². The molecule has 0 amide bonds. The van der Waals surface area contributed by atoms with Gasteiger partial charge in [0.1, 0.15) is 0 Å². The van der Waals surface area contributed by atoms with Crippen molar-refractivity contribution in [2.24, 2.45) is 0 Å². The van der Waals surface area contributed by atoms with Crippen LogP contribution in [0.4, 0.5) is 0 Å². The third-order valence-electron chi connectivity index (χ3n) is 4.44. The van der Waals surface area contributed by atoms with Crippen LogP contribution in [0.15, 0.2) is 54.6 Å². The van der Waals surface area contributed by atoms with Crippen LogP contribution in [0, 0.1) is 0 Å². The minimum atomic E-state index is -0.201. The Morgan fingerprint density at radius 1 is 1.03 bits per heavy atom. The molecule has 1 atom stereocenters. The molecule has 0 bridgehead atoms. The van der Waals surface area contributed by atoms with Gasteiger partial charge in [0.05, 0.1) is 0 Å². The summed E-state index contributed by atoms with van der Waals surface area (Å²) in [6.45, 7) is 17.8. The van der Waals surface area contributed by atoms with Crippen molar-refractivity contribution in [3.8, 4) is 0 Å². The predicted molar refractivity (Wildman–Crippen MR) is 131 cm³/mol. The van der Waals surface area contributed by atoms with Crippen LogP contribution in [-0.4, -0.2) is 33.0 Å². The average molecular weight is 447 g/mol. The number of nitrogens with zero attached hydrogens (tertiary/aromatic N) is 1. The minimum Gasteiger partial charge on any atom is -0.0877 e. The summed E-state index contributed by atoms with van der Waals surface area (Å²) in [6, 6.07) is 9.01. The summed E-state index contributed by atoms with van der Waals surface area (Å²) >= 11 is -0.201. The first-order valence-electron chi connectivity index (χ1n) is 11.2. The van der Waals surface area contributed by atoms with E-state index in [0.29, 0.717) is 13.7 Å². The van der Waals surface area contributed by atoms with Crippen molar-refractivity contribution < 1.29 is 19.4 Å². The number of allylic oxidation sites excluding steroid dienone is 5. The Kier molecular flexibility index (Phi) is 12.8. The van der Waals surface area contributed by atoms with Gasteiger partial charge in [-0.15, -0.1) is 0 Å². The number of rotatable bonds is 4. The molecular weight excluding hydrogens is 404 g/mol. The molecule has 0 spiro atoms. The van der Waals surface area contributed by atoms with Crippen molar-refractivity contribution in [3.05, 3.63) is 65.8 Å². The predicted octanol–water partition coefficient (Wildman–Crippen LogP) is 5.95. The van der Waals surface area contributed by atoms with Gasteiger partial charge in [0.2, 0.25) is 0 Å². The zero-order valence-electron chi connectivity index (χ0n) is 19.8. The van der Waals surface area contributed by atoms with Gasteiger partial charge in [-0.3, -0.25) is 0 Å². The van der Waals surface area contributed by atoms with Gasteiger partial charge >= 0.3 is 132 Å². The molecule has 1 aromatic carbocycles. The molecule has 0 saturated carbocycles. The summed E-state index contributed by atoms with van der Waals surface area (Å²) in [7, 11) is 0.417. The first kappa shape index (κ1) is 26.2. The van der Waals surface area contributed by atoms with E-state index in [1.165, 1.54) is 37.2 Å². The number of hydrogen-bond donors (Lipinski definition) is 1. The Bertz CT molecular complexity index is 658. The van der Waals surface area contributed by atoms with E-state index in [2.05, 4.69) is 72.9 Å². The van der Waals surface area contributed by atoms with Gasteiger partial charge in [0, 0.05) is 9.52 Å². The van der Waals surface area contributed by atoms with Gasteiger partial charge in [-0.1, -0.05) is 37.4 Å². The zero-order chi connectivity index (χ0) is 21.7. The van der Waals surface area contributed by atoms with Gasteiger partial charge in [0.25, 0.3) is 0 Å². The summed E-state index contributed by atoms with van der Waals surface area (Å²) in [5.74, 6) is 0. The van der Waals surface area contributed by atoms with Crippen molar-refractivity contribution >= 4 is 15.2 Å². The molecule has 1 saturated heterocycles. The van der Waals surface area contributed by atoms with Gasteiger partial charge in [-0.25, -0.2) is 0 Å². The Balaban J connectivity index is 0.000000397. The Hall–Kier alpha value is -0.869. The standard InChI is InChI=1S/C13H14N.C6H10.C4H10N.C2H8Si.Ti/c1-2-6-12-11(5-1)7-8-13(12)14-9-3-4-10-14;1-3-5-6-4-2;1-4(2,3)5;1-3-2;/h1-2,5-8H,3-4,9-10H2;3-6H,1-2H3;5H,1-3H3;3H2,1-2H3;/q;;-1;;+1. The molecular formula is C25H42N2SiTi. The van der Waals surface area contributed by atoms with Crippen LogP contribution in [0.25, 0.3) is 5.70 Å². The number of nitrogens with one attached hydrogen (secondary N) is 1. The van der Waals surface area contributed by atoms with E-state index in [1.807, 2.05) is 38.2 Å². The molecule has 4 heteroatoms. The molecule has 29 heavy (non-hydrogen) atoms. The largest absolute Gasteiger partial charge is 0.0877 e. The van der Waals surface area contributed by atoms with Crippen molar-refractivity contribution in [2.75, 3.05) is 13.1 Å². The molecule has 1 heterocycles. The summed E-state index contributed by atoms with van der Waals surface area (Å²) in [5, 5.41) is 0. The van der Waals surface area contributed by atoms with Gasteiger partial charge < -0.3 is 0 Å². The first-order chi connectivity index (χ1) is 13.9. The quantitative estimate of drug-likeness (QED) is 0.454.